The first-order chi connectivity index (χ1) is 23.0. The average molecular weight is 603 g/mol. The molecule has 0 bridgehead atoms. The lowest BCUT2D eigenvalue weighted by molar-refractivity contribution is 0.415. The van der Waals surface area contributed by atoms with Crippen molar-refractivity contribution < 1.29 is 4.74 Å². The summed E-state index contributed by atoms with van der Waals surface area (Å²) in [7, 11) is 1.72. The van der Waals surface area contributed by atoms with Crippen molar-refractivity contribution in [1.29, 1.82) is 0 Å². The summed E-state index contributed by atoms with van der Waals surface area (Å²) in [5, 5.41) is 7.53. The highest BCUT2D eigenvalue weighted by molar-refractivity contribution is 6.22. The Kier molecular flexibility index (Phi) is 6.14. The molecule has 1 nitrogen and oxygen atoms in total. The van der Waals surface area contributed by atoms with E-state index in [4.69, 9.17) is 4.74 Å². The molecule has 47 heavy (non-hydrogen) atoms. The van der Waals surface area contributed by atoms with Crippen LogP contribution >= 0.6 is 0 Å². The lowest BCUT2D eigenvalue weighted by atomic mass is 9.80. The van der Waals surface area contributed by atoms with Gasteiger partial charge < -0.3 is 4.74 Å². The molecule has 1 aliphatic carbocycles. The SMILES string of the molecule is COc1ccc(-c2c3ccccc3c(-c3ccc4c(c3)C(C)(C)c3ccccc3-4)c3cc(-c4cccc5ccccc45)ccc23)cc1. The summed E-state index contributed by atoms with van der Waals surface area (Å²) in [6.45, 7) is 4.73. The van der Waals surface area contributed by atoms with Gasteiger partial charge in [0.15, 0.2) is 0 Å². The highest BCUT2D eigenvalue weighted by atomic mass is 16.5. The highest BCUT2D eigenvalue weighted by Crippen LogP contribution is 2.51. The van der Waals surface area contributed by atoms with Crippen LogP contribution in [0.15, 0.2) is 152 Å². The Balaban J connectivity index is 1.38. The molecule has 8 aromatic carbocycles. The molecule has 224 valence electrons. The molecule has 0 aliphatic heterocycles. The average Bonchev–Trinajstić information content (AvgIpc) is 3.35. The van der Waals surface area contributed by atoms with Crippen molar-refractivity contribution in [3.63, 3.8) is 0 Å². The summed E-state index contributed by atoms with van der Waals surface area (Å²) in [5.74, 6) is 0.860. The van der Waals surface area contributed by atoms with Gasteiger partial charge in [0.1, 0.15) is 5.75 Å². The Morgan fingerprint density at radius 3 is 1.77 bits per heavy atom. The van der Waals surface area contributed by atoms with Gasteiger partial charge in [-0.3, -0.25) is 0 Å². The maximum absolute atomic E-state index is 5.53. The third-order valence-corrected chi connectivity index (χ3v) is 10.4. The standard InChI is InChI=1S/C46H34O/c1-46(2)42-18-9-8-14-36(42)37-25-22-32(28-43(37)46)45-39-16-7-6-15-38(39)44(30-19-23-33(47-3)24-20-30)40-26-21-31(27-41(40)45)35-17-10-12-29-11-4-5-13-34(29)35/h4-28H,1-3H3. The minimum atomic E-state index is -0.0787. The number of benzene rings is 8. The fourth-order valence-corrected chi connectivity index (χ4v) is 8.06. The number of fused-ring (bicyclic) bond motifs is 6. The Morgan fingerprint density at radius 1 is 0.404 bits per heavy atom. The maximum atomic E-state index is 5.53. The Labute approximate surface area is 275 Å². The van der Waals surface area contributed by atoms with E-state index in [9.17, 15) is 0 Å². The predicted octanol–water partition coefficient (Wildman–Crippen LogP) is 12.5. The summed E-state index contributed by atoms with van der Waals surface area (Å²) >= 11 is 0. The minimum absolute atomic E-state index is 0.0787. The van der Waals surface area contributed by atoms with Gasteiger partial charge in [0.25, 0.3) is 0 Å². The summed E-state index contributed by atoms with van der Waals surface area (Å²) in [4.78, 5) is 0. The van der Waals surface area contributed by atoms with Crippen LogP contribution < -0.4 is 4.74 Å². The van der Waals surface area contributed by atoms with Gasteiger partial charge >= 0.3 is 0 Å². The van der Waals surface area contributed by atoms with E-state index in [1.165, 1.54) is 88.0 Å². The van der Waals surface area contributed by atoms with Crippen LogP contribution in [0.1, 0.15) is 25.0 Å². The number of ether oxygens (including phenoxy) is 1. The van der Waals surface area contributed by atoms with E-state index < -0.39 is 0 Å². The quantitative estimate of drug-likeness (QED) is 0.182. The first-order valence-electron chi connectivity index (χ1n) is 16.4. The second-order valence-corrected chi connectivity index (χ2v) is 13.2. The van der Waals surface area contributed by atoms with Gasteiger partial charge in [0.05, 0.1) is 7.11 Å². The molecule has 0 unspecified atom stereocenters. The van der Waals surface area contributed by atoms with Crippen molar-refractivity contribution in [3.05, 3.63) is 163 Å². The molecule has 0 saturated heterocycles. The topological polar surface area (TPSA) is 9.23 Å². The maximum Gasteiger partial charge on any atom is 0.118 e. The summed E-state index contributed by atoms with van der Waals surface area (Å²) < 4.78 is 5.53. The van der Waals surface area contributed by atoms with Crippen LogP contribution in [0.5, 0.6) is 5.75 Å². The number of rotatable bonds is 4. The molecule has 0 heterocycles. The Hall–Kier alpha value is -5.66. The van der Waals surface area contributed by atoms with Crippen molar-refractivity contribution in [2.24, 2.45) is 0 Å². The monoisotopic (exact) mass is 602 g/mol. The molecule has 0 N–H and O–H groups in total. The molecule has 0 fully saturated rings. The zero-order valence-electron chi connectivity index (χ0n) is 26.8. The molecule has 0 atom stereocenters. The minimum Gasteiger partial charge on any atom is -0.497 e. The normalized spacial score (nSPS) is 13.2. The molecule has 9 rings (SSSR count). The van der Waals surface area contributed by atoms with E-state index in [1.807, 2.05) is 0 Å². The molecule has 0 aromatic heterocycles. The van der Waals surface area contributed by atoms with Crippen LogP contribution in [-0.2, 0) is 5.41 Å². The van der Waals surface area contributed by atoms with E-state index in [0.717, 1.165) is 5.75 Å². The number of hydrogen-bond donors (Lipinski definition) is 0. The second kappa shape index (κ2) is 10.4. The van der Waals surface area contributed by atoms with Crippen LogP contribution in [0.2, 0.25) is 0 Å². The Bertz CT molecular complexity index is 2510. The molecule has 1 heteroatoms. The van der Waals surface area contributed by atoms with Gasteiger partial charge in [-0.1, -0.05) is 141 Å². The van der Waals surface area contributed by atoms with Crippen molar-refractivity contribution >= 4 is 32.3 Å². The van der Waals surface area contributed by atoms with Crippen molar-refractivity contribution in [2.45, 2.75) is 19.3 Å². The molecule has 0 amide bonds. The van der Waals surface area contributed by atoms with E-state index in [-0.39, 0.29) is 5.41 Å². The number of hydrogen-bond acceptors (Lipinski definition) is 1. The molecule has 0 saturated carbocycles. The fourth-order valence-electron chi connectivity index (χ4n) is 8.06. The van der Waals surface area contributed by atoms with E-state index in [2.05, 4.69) is 166 Å². The van der Waals surface area contributed by atoms with Crippen molar-refractivity contribution in [1.82, 2.24) is 0 Å². The van der Waals surface area contributed by atoms with Gasteiger partial charge in [-0.25, -0.2) is 0 Å². The van der Waals surface area contributed by atoms with E-state index in [0.29, 0.717) is 0 Å². The molecular weight excluding hydrogens is 569 g/mol. The van der Waals surface area contributed by atoms with Crippen molar-refractivity contribution in [2.75, 3.05) is 7.11 Å². The first kappa shape index (κ1) is 27.6. The summed E-state index contributed by atoms with van der Waals surface area (Å²) in [6.07, 6.45) is 0. The van der Waals surface area contributed by atoms with Crippen LogP contribution in [0.3, 0.4) is 0 Å². The molecule has 0 radical (unpaired) electrons. The lowest BCUT2D eigenvalue weighted by Gasteiger charge is -2.23. The van der Waals surface area contributed by atoms with Crippen LogP contribution in [0, 0.1) is 0 Å². The first-order valence-corrected chi connectivity index (χ1v) is 16.4. The largest absolute Gasteiger partial charge is 0.497 e. The lowest BCUT2D eigenvalue weighted by Crippen LogP contribution is -2.14. The van der Waals surface area contributed by atoms with Gasteiger partial charge in [-0.15, -0.1) is 0 Å². The second-order valence-electron chi connectivity index (χ2n) is 13.2. The van der Waals surface area contributed by atoms with Crippen LogP contribution in [0.25, 0.3) is 76.8 Å². The molecule has 0 spiro atoms. The van der Waals surface area contributed by atoms with E-state index >= 15 is 0 Å². The van der Waals surface area contributed by atoms with Gasteiger partial charge in [-0.05, 0) is 112 Å². The van der Waals surface area contributed by atoms with Gasteiger partial charge in [-0.2, -0.15) is 0 Å². The zero-order valence-corrected chi connectivity index (χ0v) is 26.8. The summed E-state index contributed by atoms with van der Waals surface area (Å²) in [5.41, 5.74) is 12.8. The number of methoxy groups -OCH3 is 1. The molecular formula is C46H34O. The smallest absolute Gasteiger partial charge is 0.118 e. The summed E-state index contributed by atoms with van der Waals surface area (Å²) in [6, 6.07) is 55.9. The fraction of sp³-hybridized carbons (Fsp3) is 0.0870. The van der Waals surface area contributed by atoms with Gasteiger partial charge in [0.2, 0.25) is 0 Å². The highest BCUT2D eigenvalue weighted by Gasteiger charge is 2.35. The van der Waals surface area contributed by atoms with Crippen LogP contribution in [0.4, 0.5) is 0 Å². The van der Waals surface area contributed by atoms with E-state index in [1.54, 1.807) is 7.11 Å². The Morgan fingerprint density at radius 2 is 0.979 bits per heavy atom. The predicted molar refractivity (Wildman–Crippen MR) is 199 cm³/mol. The van der Waals surface area contributed by atoms with Gasteiger partial charge in [0, 0.05) is 5.41 Å². The zero-order chi connectivity index (χ0) is 31.7. The van der Waals surface area contributed by atoms with Crippen molar-refractivity contribution in [3.8, 4) is 50.3 Å². The molecule has 8 aromatic rings. The van der Waals surface area contributed by atoms with Crippen LogP contribution in [-0.4, -0.2) is 7.11 Å². The third-order valence-electron chi connectivity index (χ3n) is 10.4. The third kappa shape index (κ3) is 4.16. The molecule has 1 aliphatic rings.